The minimum Gasteiger partial charge on any atom is -0.494 e. The maximum Gasteiger partial charge on any atom is 0.243 e. The maximum absolute atomic E-state index is 13.6. The monoisotopic (exact) mass is 552 g/mol. The van der Waals surface area contributed by atoms with Crippen LogP contribution >= 0.6 is 11.6 Å². The predicted molar refractivity (Wildman–Crippen MR) is 136 cm³/mol. The van der Waals surface area contributed by atoms with E-state index in [1.165, 1.54) is 40.6 Å². The third-order valence-corrected chi connectivity index (χ3v) is 8.03. The van der Waals surface area contributed by atoms with Crippen molar-refractivity contribution in [2.75, 3.05) is 39.3 Å². The van der Waals surface area contributed by atoms with E-state index in [2.05, 4.69) is 24.9 Å². The van der Waals surface area contributed by atoms with Gasteiger partial charge in [0.05, 0.1) is 25.8 Å². The van der Waals surface area contributed by atoms with Crippen molar-refractivity contribution >= 4 is 27.6 Å². The molecule has 0 saturated carbocycles. The summed E-state index contributed by atoms with van der Waals surface area (Å²) >= 11 is 5.88. The van der Waals surface area contributed by atoms with E-state index >= 15 is 0 Å². The molecular formula is C23H29ClN6O6S. The first-order chi connectivity index (χ1) is 17.8. The molecule has 0 bridgehead atoms. The first kappa shape index (κ1) is 27.0. The summed E-state index contributed by atoms with van der Waals surface area (Å²) in [5, 5.41) is 7.81. The Bertz CT molecular complexity index is 1290. The molecule has 37 heavy (non-hydrogen) atoms. The Kier molecular flexibility index (Phi) is 8.47. The Balaban J connectivity index is 1.78. The summed E-state index contributed by atoms with van der Waals surface area (Å²) in [4.78, 5) is 8.25. The van der Waals surface area contributed by atoms with Crippen LogP contribution < -0.4 is 14.2 Å². The summed E-state index contributed by atoms with van der Waals surface area (Å²) in [7, 11) is 0.335. The van der Waals surface area contributed by atoms with Gasteiger partial charge in [-0.1, -0.05) is 17.7 Å². The van der Waals surface area contributed by atoms with Crippen molar-refractivity contribution in [3.8, 4) is 17.2 Å². The van der Waals surface area contributed by atoms with Crippen molar-refractivity contribution in [1.82, 2.24) is 24.7 Å². The Morgan fingerprint density at radius 2 is 1.81 bits per heavy atom. The number of halogens is 1. The van der Waals surface area contributed by atoms with E-state index in [1.807, 2.05) is 0 Å². The Labute approximate surface area is 220 Å². The molecule has 1 aromatic carbocycles. The highest BCUT2D eigenvalue weighted by Gasteiger charge is 2.36. The van der Waals surface area contributed by atoms with E-state index < -0.39 is 21.4 Å². The zero-order chi connectivity index (χ0) is 26.6. The lowest BCUT2D eigenvalue weighted by atomic mass is 10.0. The molecule has 0 aliphatic carbocycles. The Morgan fingerprint density at radius 1 is 1.14 bits per heavy atom. The van der Waals surface area contributed by atoms with Gasteiger partial charge in [-0.25, -0.2) is 18.4 Å². The molecule has 14 heteroatoms. The van der Waals surface area contributed by atoms with Gasteiger partial charge in [0.15, 0.2) is 5.82 Å². The third kappa shape index (κ3) is 5.64. The Hall–Kier alpha value is -3.00. The van der Waals surface area contributed by atoms with Crippen LogP contribution in [0.25, 0.3) is 5.69 Å². The van der Waals surface area contributed by atoms with Gasteiger partial charge in [-0.15, -0.1) is 10.2 Å². The number of nitrogens with zero attached hydrogens (tertiary/aromatic N) is 5. The zero-order valence-corrected chi connectivity index (χ0v) is 22.5. The van der Waals surface area contributed by atoms with Crippen LogP contribution in [-0.4, -0.2) is 72.9 Å². The van der Waals surface area contributed by atoms with E-state index in [0.29, 0.717) is 41.2 Å². The normalized spacial score (nSPS) is 17.7. The number of anilines is 1. The van der Waals surface area contributed by atoms with E-state index in [0.717, 1.165) is 12.8 Å². The smallest absolute Gasteiger partial charge is 0.243 e. The molecule has 1 N–H and O–H groups in total. The number of para-hydroxylation sites is 1. The fourth-order valence-electron chi connectivity index (χ4n) is 4.20. The number of sulfonamides is 1. The molecule has 200 valence electrons. The molecule has 1 saturated heterocycles. The van der Waals surface area contributed by atoms with Crippen LogP contribution in [0.15, 0.2) is 30.6 Å². The van der Waals surface area contributed by atoms with Gasteiger partial charge in [0.1, 0.15) is 34.4 Å². The van der Waals surface area contributed by atoms with Gasteiger partial charge in [0.25, 0.3) is 0 Å². The topological polar surface area (TPSA) is 140 Å². The van der Waals surface area contributed by atoms with E-state index in [-0.39, 0.29) is 17.7 Å². The summed E-state index contributed by atoms with van der Waals surface area (Å²) in [5.74, 6) is 1.47. The summed E-state index contributed by atoms with van der Waals surface area (Å²) < 4.78 is 53.7. The molecule has 3 atom stereocenters. The lowest BCUT2D eigenvalue weighted by Crippen LogP contribution is -2.33. The van der Waals surface area contributed by atoms with Crippen LogP contribution in [0.4, 0.5) is 5.95 Å². The molecule has 2 aromatic heterocycles. The van der Waals surface area contributed by atoms with Crippen LogP contribution in [0.2, 0.25) is 5.02 Å². The average molecular weight is 553 g/mol. The molecule has 1 aliphatic rings. The fraction of sp³-hybridized carbons (Fsp3) is 0.478. The molecule has 3 heterocycles. The number of hydrogen-bond donors (Lipinski definition) is 1. The summed E-state index contributed by atoms with van der Waals surface area (Å²) in [6.45, 7) is 2.58. The number of rotatable bonds is 10. The highest BCUT2D eigenvalue weighted by molar-refractivity contribution is 7.93. The minimum atomic E-state index is -4.09. The second kappa shape index (κ2) is 11.6. The molecule has 0 spiro atoms. The van der Waals surface area contributed by atoms with Gasteiger partial charge in [-0.05, 0) is 31.9 Å². The first-order valence-electron chi connectivity index (χ1n) is 11.6. The van der Waals surface area contributed by atoms with Gasteiger partial charge in [0.2, 0.25) is 16.0 Å². The zero-order valence-electron chi connectivity index (χ0n) is 20.9. The average Bonchev–Trinajstić information content (AvgIpc) is 3.32. The molecule has 12 nitrogen and oxygen atoms in total. The van der Waals surface area contributed by atoms with Crippen molar-refractivity contribution in [2.24, 2.45) is 0 Å². The third-order valence-electron chi connectivity index (χ3n) is 6.14. The van der Waals surface area contributed by atoms with Crippen LogP contribution in [0, 0.1) is 0 Å². The number of methoxy groups -OCH3 is 3. The van der Waals surface area contributed by atoms with Crippen LogP contribution in [0.1, 0.15) is 43.4 Å². The number of ether oxygens (including phenoxy) is 4. The van der Waals surface area contributed by atoms with E-state index in [4.69, 9.17) is 30.5 Å². The number of aromatic nitrogens is 5. The van der Waals surface area contributed by atoms with Gasteiger partial charge >= 0.3 is 0 Å². The highest BCUT2D eigenvalue weighted by Crippen LogP contribution is 2.38. The maximum atomic E-state index is 13.6. The van der Waals surface area contributed by atoms with E-state index in [1.54, 1.807) is 22.8 Å². The molecular weight excluding hydrogens is 524 g/mol. The fourth-order valence-corrected chi connectivity index (χ4v) is 5.43. The lowest BCUT2D eigenvalue weighted by molar-refractivity contribution is 0.0775. The quantitative estimate of drug-likeness (QED) is 0.399. The lowest BCUT2D eigenvalue weighted by Gasteiger charge is -2.25. The summed E-state index contributed by atoms with van der Waals surface area (Å²) in [5.41, 5.74) is 0.466. The van der Waals surface area contributed by atoms with Crippen molar-refractivity contribution < 1.29 is 27.4 Å². The Morgan fingerprint density at radius 3 is 2.38 bits per heavy atom. The number of nitrogens with one attached hydrogen (secondary N) is 1. The van der Waals surface area contributed by atoms with Gasteiger partial charge < -0.3 is 18.9 Å². The predicted octanol–water partition coefficient (Wildman–Crippen LogP) is 3.14. The largest absolute Gasteiger partial charge is 0.494 e. The minimum absolute atomic E-state index is 0.0258. The van der Waals surface area contributed by atoms with Gasteiger partial charge in [-0.3, -0.25) is 9.29 Å². The summed E-state index contributed by atoms with van der Waals surface area (Å²) in [6, 6.07) is 5.27. The van der Waals surface area contributed by atoms with Crippen LogP contribution in [0.5, 0.6) is 11.5 Å². The molecule has 3 aromatic rings. The number of hydrogen-bond acceptors (Lipinski definition) is 10. The van der Waals surface area contributed by atoms with Crippen molar-refractivity contribution in [3.63, 3.8) is 0 Å². The van der Waals surface area contributed by atoms with Crippen LogP contribution in [0.3, 0.4) is 0 Å². The molecule has 0 amide bonds. The first-order valence-corrected chi connectivity index (χ1v) is 13.5. The van der Waals surface area contributed by atoms with Gasteiger partial charge in [0, 0.05) is 32.0 Å². The van der Waals surface area contributed by atoms with E-state index in [9.17, 15) is 8.42 Å². The second-order valence-corrected chi connectivity index (χ2v) is 10.9. The standard InChI is InChI=1S/C23H29ClN6O6S/c1-14(20(35-4)21-25-11-16(24)12-26-21)37(31,32)29-23-28-27-22(15-7-6-10-36-13-15)30(23)19-17(33-2)8-5-9-18(19)34-3/h5,8-9,11-12,14-15,20H,6-7,10,13H2,1-4H3,(H,28,29)/t14-,15-,20-/m0/s1. The van der Waals surface area contributed by atoms with Gasteiger partial charge in [-0.2, -0.15) is 0 Å². The molecule has 1 aliphatic heterocycles. The van der Waals surface area contributed by atoms with Crippen molar-refractivity contribution in [2.45, 2.75) is 37.0 Å². The highest BCUT2D eigenvalue weighted by atomic mass is 35.5. The molecule has 0 radical (unpaired) electrons. The molecule has 4 rings (SSSR count). The molecule has 1 fully saturated rings. The van der Waals surface area contributed by atoms with Crippen molar-refractivity contribution in [3.05, 3.63) is 47.3 Å². The SMILES string of the molecule is COc1cccc(OC)c1-n1c(NS(=O)(=O)[C@@H](C)[C@H](OC)c2ncc(Cl)cn2)nnc1[C@H]1CCCOC1. The van der Waals surface area contributed by atoms with Crippen LogP contribution in [-0.2, 0) is 19.5 Å². The summed E-state index contributed by atoms with van der Waals surface area (Å²) in [6.07, 6.45) is 3.43. The van der Waals surface area contributed by atoms with Crippen molar-refractivity contribution in [1.29, 1.82) is 0 Å². The second-order valence-electron chi connectivity index (χ2n) is 8.41. The molecule has 0 unspecified atom stereocenters. The number of benzene rings is 1.